The van der Waals surface area contributed by atoms with Crippen molar-refractivity contribution in [1.82, 2.24) is 9.78 Å². The maximum absolute atomic E-state index is 13.6. The van der Waals surface area contributed by atoms with E-state index in [9.17, 15) is 18.9 Å². The standard InChI is InChI=1S/C11H10F2N4O2/c1-16-7(2-3-15-16)6-14-11-9(12)4-8(17(18)19)5-10(11)13/h2-5,14H,6H2,1H3. The summed E-state index contributed by atoms with van der Waals surface area (Å²) in [5.41, 5.74) is -0.301. The molecule has 1 heterocycles. The first-order chi connectivity index (χ1) is 8.99. The van der Waals surface area contributed by atoms with Crippen molar-refractivity contribution in [2.45, 2.75) is 6.54 Å². The number of nitro groups is 1. The third kappa shape index (κ3) is 2.67. The molecule has 0 saturated carbocycles. The average Bonchev–Trinajstić information content (AvgIpc) is 2.73. The number of halogens is 2. The summed E-state index contributed by atoms with van der Waals surface area (Å²) in [6.07, 6.45) is 1.56. The fourth-order valence-corrected chi connectivity index (χ4v) is 1.59. The van der Waals surface area contributed by atoms with Crippen molar-refractivity contribution >= 4 is 11.4 Å². The maximum atomic E-state index is 13.6. The van der Waals surface area contributed by atoms with E-state index in [1.807, 2.05) is 0 Å². The van der Waals surface area contributed by atoms with Gasteiger partial charge in [-0.25, -0.2) is 8.78 Å². The highest BCUT2D eigenvalue weighted by Gasteiger charge is 2.16. The van der Waals surface area contributed by atoms with E-state index >= 15 is 0 Å². The summed E-state index contributed by atoms with van der Waals surface area (Å²) in [5.74, 6) is -2.01. The molecule has 1 N–H and O–H groups in total. The zero-order chi connectivity index (χ0) is 14.0. The number of non-ortho nitro benzene ring substituents is 1. The van der Waals surface area contributed by atoms with Gasteiger partial charge in [0.25, 0.3) is 5.69 Å². The molecule has 0 amide bonds. The fourth-order valence-electron chi connectivity index (χ4n) is 1.59. The second-order valence-corrected chi connectivity index (χ2v) is 3.84. The zero-order valence-electron chi connectivity index (χ0n) is 9.93. The van der Waals surface area contributed by atoms with Gasteiger partial charge in [-0.2, -0.15) is 5.10 Å². The predicted molar refractivity (Wildman–Crippen MR) is 63.5 cm³/mol. The molecule has 6 nitrogen and oxygen atoms in total. The minimum atomic E-state index is -1.01. The number of anilines is 1. The van der Waals surface area contributed by atoms with Crippen molar-refractivity contribution in [3.63, 3.8) is 0 Å². The molecular formula is C11H10F2N4O2. The molecular weight excluding hydrogens is 258 g/mol. The number of aromatic nitrogens is 2. The number of rotatable bonds is 4. The first kappa shape index (κ1) is 12.9. The Morgan fingerprint density at radius 2 is 2.05 bits per heavy atom. The van der Waals surface area contributed by atoms with Gasteiger partial charge >= 0.3 is 0 Å². The number of hydrogen-bond donors (Lipinski definition) is 1. The second kappa shape index (κ2) is 5.01. The summed E-state index contributed by atoms with van der Waals surface area (Å²) in [6.45, 7) is 0.155. The van der Waals surface area contributed by atoms with Crippen LogP contribution in [0.1, 0.15) is 5.69 Å². The summed E-state index contributed by atoms with van der Waals surface area (Å²) >= 11 is 0. The molecule has 0 spiro atoms. The van der Waals surface area contributed by atoms with E-state index in [1.165, 1.54) is 0 Å². The van der Waals surface area contributed by atoms with Crippen LogP contribution in [0.5, 0.6) is 0 Å². The lowest BCUT2D eigenvalue weighted by Gasteiger charge is -2.08. The van der Waals surface area contributed by atoms with Crippen LogP contribution in [0.3, 0.4) is 0 Å². The molecule has 0 saturated heterocycles. The molecule has 19 heavy (non-hydrogen) atoms. The Hall–Kier alpha value is -2.51. The van der Waals surface area contributed by atoms with Gasteiger partial charge in [0.05, 0.1) is 29.3 Å². The Morgan fingerprint density at radius 1 is 1.42 bits per heavy atom. The molecule has 0 bridgehead atoms. The van der Waals surface area contributed by atoms with Gasteiger partial charge in [-0.3, -0.25) is 14.8 Å². The third-order valence-corrected chi connectivity index (χ3v) is 2.61. The number of hydrogen-bond acceptors (Lipinski definition) is 4. The smallest absolute Gasteiger partial charge is 0.275 e. The number of nitrogens with one attached hydrogen (secondary N) is 1. The van der Waals surface area contributed by atoms with Crippen molar-refractivity contribution in [2.24, 2.45) is 7.05 Å². The van der Waals surface area contributed by atoms with Crippen LogP contribution < -0.4 is 5.32 Å². The van der Waals surface area contributed by atoms with Gasteiger partial charge in [-0.05, 0) is 6.07 Å². The van der Waals surface area contributed by atoms with Crippen LogP contribution in [-0.4, -0.2) is 14.7 Å². The number of benzene rings is 1. The quantitative estimate of drug-likeness (QED) is 0.681. The molecule has 1 aromatic carbocycles. The average molecular weight is 268 g/mol. The maximum Gasteiger partial charge on any atom is 0.275 e. The molecule has 0 aliphatic heterocycles. The van der Waals surface area contributed by atoms with E-state index < -0.39 is 27.9 Å². The molecule has 8 heteroatoms. The highest BCUT2D eigenvalue weighted by atomic mass is 19.1. The normalized spacial score (nSPS) is 10.5. The SMILES string of the molecule is Cn1nccc1CNc1c(F)cc([N+](=O)[O-])cc1F. The van der Waals surface area contributed by atoms with Crippen LogP contribution >= 0.6 is 0 Å². The van der Waals surface area contributed by atoms with Gasteiger partial charge in [-0.1, -0.05) is 0 Å². The first-order valence-electron chi connectivity index (χ1n) is 5.33. The molecule has 0 unspecified atom stereocenters. The van der Waals surface area contributed by atoms with Crippen LogP contribution in [0.15, 0.2) is 24.4 Å². The van der Waals surface area contributed by atoms with Crippen molar-refractivity contribution < 1.29 is 13.7 Å². The van der Waals surface area contributed by atoms with E-state index in [0.717, 1.165) is 5.69 Å². The summed E-state index contributed by atoms with van der Waals surface area (Å²) in [7, 11) is 1.69. The first-order valence-corrected chi connectivity index (χ1v) is 5.33. The molecule has 0 aliphatic rings. The summed E-state index contributed by atoms with van der Waals surface area (Å²) < 4.78 is 28.7. The second-order valence-electron chi connectivity index (χ2n) is 3.84. The van der Waals surface area contributed by atoms with E-state index in [4.69, 9.17) is 0 Å². The topological polar surface area (TPSA) is 73.0 Å². The van der Waals surface area contributed by atoms with Crippen LogP contribution in [0, 0.1) is 21.7 Å². The van der Waals surface area contributed by atoms with Crippen LogP contribution in [0.2, 0.25) is 0 Å². The molecule has 2 rings (SSSR count). The lowest BCUT2D eigenvalue weighted by Crippen LogP contribution is -2.08. The number of nitro benzene ring substituents is 1. The Kier molecular flexibility index (Phi) is 3.41. The predicted octanol–water partition coefficient (Wildman–Crippen LogP) is 2.22. The molecule has 100 valence electrons. The lowest BCUT2D eigenvalue weighted by molar-refractivity contribution is -0.385. The third-order valence-electron chi connectivity index (χ3n) is 2.61. The molecule has 1 aromatic heterocycles. The monoisotopic (exact) mass is 268 g/mol. The van der Waals surface area contributed by atoms with Gasteiger partial charge in [-0.15, -0.1) is 0 Å². The Labute approximate surface area is 106 Å². The zero-order valence-corrected chi connectivity index (χ0v) is 9.93. The van der Waals surface area contributed by atoms with Crippen molar-refractivity contribution in [2.75, 3.05) is 5.32 Å². The number of aryl methyl sites for hydroxylation is 1. The van der Waals surface area contributed by atoms with Gasteiger partial charge in [0.1, 0.15) is 5.69 Å². The Balaban J connectivity index is 2.21. The summed E-state index contributed by atoms with van der Waals surface area (Å²) in [6, 6.07) is 3.04. The minimum absolute atomic E-state index is 0.155. The number of nitrogens with zero attached hydrogens (tertiary/aromatic N) is 3. The highest BCUT2D eigenvalue weighted by molar-refractivity contribution is 5.51. The molecule has 0 atom stereocenters. The van der Waals surface area contributed by atoms with E-state index in [2.05, 4.69) is 10.4 Å². The minimum Gasteiger partial charge on any atom is -0.375 e. The summed E-state index contributed by atoms with van der Waals surface area (Å²) in [4.78, 5) is 9.60. The van der Waals surface area contributed by atoms with Crippen LogP contribution in [0.4, 0.5) is 20.2 Å². The van der Waals surface area contributed by atoms with Crippen molar-refractivity contribution in [3.05, 3.63) is 51.8 Å². The van der Waals surface area contributed by atoms with Crippen molar-refractivity contribution in [1.29, 1.82) is 0 Å². The van der Waals surface area contributed by atoms with E-state index in [-0.39, 0.29) is 6.54 Å². The Morgan fingerprint density at radius 3 is 2.53 bits per heavy atom. The molecule has 0 aliphatic carbocycles. The van der Waals surface area contributed by atoms with Crippen LogP contribution in [0.25, 0.3) is 0 Å². The lowest BCUT2D eigenvalue weighted by atomic mass is 10.2. The van der Waals surface area contributed by atoms with Crippen molar-refractivity contribution in [3.8, 4) is 0 Å². The largest absolute Gasteiger partial charge is 0.375 e. The van der Waals surface area contributed by atoms with Gasteiger partial charge in [0.2, 0.25) is 0 Å². The molecule has 0 radical (unpaired) electrons. The van der Waals surface area contributed by atoms with E-state index in [0.29, 0.717) is 12.1 Å². The van der Waals surface area contributed by atoms with Gasteiger partial charge < -0.3 is 5.32 Å². The molecule has 2 aromatic rings. The van der Waals surface area contributed by atoms with E-state index in [1.54, 1.807) is 24.0 Å². The van der Waals surface area contributed by atoms with Gasteiger partial charge in [0.15, 0.2) is 11.6 Å². The van der Waals surface area contributed by atoms with Gasteiger partial charge in [0, 0.05) is 13.2 Å². The Bertz CT molecular complexity index is 604. The summed E-state index contributed by atoms with van der Waals surface area (Å²) in [5, 5.41) is 16.9. The molecule has 0 fully saturated rings. The van der Waals surface area contributed by atoms with Crippen LogP contribution in [-0.2, 0) is 13.6 Å². The highest BCUT2D eigenvalue weighted by Crippen LogP contribution is 2.25. The fraction of sp³-hybridized carbons (Fsp3) is 0.182.